The van der Waals surface area contributed by atoms with Gasteiger partial charge >= 0.3 is 0 Å². The summed E-state index contributed by atoms with van der Waals surface area (Å²) in [5.41, 5.74) is 2.86. The summed E-state index contributed by atoms with van der Waals surface area (Å²) in [6, 6.07) is 9.59. The molecule has 0 bridgehead atoms. The average molecular weight is 259 g/mol. The first-order chi connectivity index (χ1) is 8.81. The van der Waals surface area contributed by atoms with Gasteiger partial charge in [0.1, 0.15) is 10.8 Å². The third-order valence-electron chi connectivity index (χ3n) is 2.61. The van der Waals surface area contributed by atoms with E-state index >= 15 is 0 Å². The van der Waals surface area contributed by atoms with Crippen molar-refractivity contribution in [3.8, 4) is 0 Å². The van der Waals surface area contributed by atoms with Crippen molar-refractivity contribution in [2.75, 3.05) is 5.32 Å². The quantitative estimate of drug-likeness (QED) is 0.735. The normalized spacial score (nSPS) is 10.7. The summed E-state index contributed by atoms with van der Waals surface area (Å²) in [6.07, 6.45) is 5.69. The molecular formula is C13H11ClN4. The lowest BCUT2D eigenvalue weighted by Crippen LogP contribution is -1.99. The topological polar surface area (TPSA) is 42.2 Å². The largest absolute Gasteiger partial charge is 0.378 e. The van der Waals surface area contributed by atoms with Crippen LogP contribution in [0.2, 0.25) is 5.15 Å². The number of aromatic nitrogens is 3. The van der Waals surface area contributed by atoms with Gasteiger partial charge in [0.25, 0.3) is 0 Å². The average Bonchev–Trinajstić information content (AvgIpc) is 2.81. The van der Waals surface area contributed by atoms with Gasteiger partial charge < -0.3 is 9.72 Å². The lowest BCUT2D eigenvalue weighted by Gasteiger charge is -2.02. The van der Waals surface area contributed by atoms with E-state index in [1.807, 2.05) is 41.1 Å². The number of anilines is 1. The zero-order valence-corrected chi connectivity index (χ0v) is 10.3. The number of nitrogens with one attached hydrogen (secondary N) is 1. The molecule has 3 aromatic rings. The smallest absolute Gasteiger partial charge is 0.137 e. The highest BCUT2D eigenvalue weighted by atomic mass is 35.5. The summed E-state index contributed by atoms with van der Waals surface area (Å²) >= 11 is 5.73. The fourth-order valence-corrected chi connectivity index (χ4v) is 1.86. The predicted molar refractivity (Wildman–Crippen MR) is 71.8 cm³/mol. The van der Waals surface area contributed by atoms with Crippen LogP contribution in [0.15, 0.2) is 48.9 Å². The molecule has 90 valence electrons. The molecule has 0 spiro atoms. The van der Waals surface area contributed by atoms with Crippen LogP contribution in [0.25, 0.3) is 5.65 Å². The van der Waals surface area contributed by atoms with Crippen molar-refractivity contribution in [1.29, 1.82) is 0 Å². The van der Waals surface area contributed by atoms with Gasteiger partial charge in [-0.1, -0.05) is 17.7 Å². The SMILES string of the molecule is Clc1ccc(NCc2cn3ccccc3n2)cn1. The molecule has 0 aliphatic heterocycles. The van der Waals surface area contributed by atoms with Gasteiger partial charge in [0.05, 0.1) is 24.1 Å². The summed E-state index contributed by atoms with van der Waals surface area (Å²) < 4.78 is 2.00. The fraction of sp³-hybridized carbons (Fsp3) is 0.0769. The summed E-state index contributed by atoms with van der Waals surface area (Å²) in [6.45, 7) is 0.658. The van der Waals surface area contributed by atoms with E-state index in [4.69, 9.17) is 11.6 Å². The molecule has 0 saturated carbocycles. The Labute approximate surface area is 109 Å². The van der Waals surface area contributed by atoms with E-state index in [1.54, 1.807) is 12.3 Å². The standard InChI is InChI=1S/C13H11ClN4/c14-12-5-4-10(7-16-12)15-8-11-9-18-6-2-1-3-13(18)17-11/h1-7,9,15H,8H2. The highest BCUT2D eigenvalue weighted by Gasteiger charge is 2.00. The van der Waals surface area contributed by atoms with E-state index in [9.17, 15) is 0 Å². The van der Waals surface area contributed by atoms with E-state index in [2.05, 4.69) is 15.3 Å². The molecule has 0 radical (unpaired) electrons. The Bertz CT molecular complexity index is 627. The molecule has 0 unspecified atom stereocenters. The van der Waals surface area contributed by atoms with Gasteiger partial charge in [0.15, 0.2) is 0 Å². The lowest BCUT2D eigenvalue weighted by atomic mass is 10.4. The first-order valence-electron chi connectivity index (χ1n) is 5.59. The Kier molecular flexibility index (Phi) is 2.86. The van der Waals surface area contributed by atoms with Crippen molar-refractivity contribution in [1.82, 2.24) is 14.4 Å². The Balaban J connectivity index is 1.74. The van der Waals surface area contributed by atoms with E-state index < -0.39 is 0 Å². The molecule has 0 amide bonds. The van der Waals surface area contributed by atoms with Crippen LogP contribution in [0.5, 0.6) is 0 Å². The third kappa shape index (κ3) is 2.28. The molecule has 4 nitrogen and oxygen atoms in total. The number of halogens is 1. The molecule has 0 aliphatic rings. The van der Waals surface area contributed by atoms with Crippen molar-refractivity contribution in [3.63, 3.8) is 0 Å². The van der Waals surface area contributed by atoms with E-state index in [0.29, 0.717) is 11.7 Å². The van der Waals surface area contributed by atoms with Crippen LogP contribution in [-0.4, -0.2) is 14.4 Å². The first-order valence-corrected chi connectivity index (χ1v) is 5.97. The van der Waals surface area contributed by atoms with Gasteiger partial charge in [-0.05, 0) is 24.3 Å². The molecule has 0 aromatic carbocycles. The third-order valence-corrected chi connectivity index (χ3v) is 2.84. The van der Waals surface area contributed by atoms with Crippen LogP contribution >= 0.6 is 11.6 Å². The molecule has 0 atom stereocenters. The first kappa shape index (κ1) is 11.0. The zero-order valence-electron chi connectivity index (χ0n) is 9.55. The second-order valence-electron chi connectivity index (χ2n) is 3.92. The maximum Gasteiger partial charge on any atom is 0.137 e. The molecule has 1 N–H and O–H groups in total. The lowest BCUT2D eigenvalue weighted by molar-refractivity contribution is 1.07. The molecule has 3 heterocycles. The predicted octanol–water partition coefficient (Wildman–Crippen LogP) is 2.99. The number of rotatable bonds is 3. The van der Waals surface area contributed by atoms with E-state index in [0.717, 1.165) is 17.0 Å². The Morgan fingerprint density at radius 3 is 2.94 bits per heavy atom. The van der Waals surface area contributed by atoms with Crippen LogP contribution in [0.4, 0.5) is 5.69 Å². The Morgan fingerprint density at radius 2 is 2.17 bits per heavy atom. The number of fused-ring (bicyclic) bond motifs is 1. The second-order valence-corrected chi connectivity index (χ2v) is 4.31. The fourth-order valence-electron chi connectivity index (χ4n) is 1.75. The van der Waals surface area contributed by atoms with Crippen LogP contribution in [-0.2, 0) is 6.54 Å². The molecule has 0 fully saturated rings. The van der Waals surface area contributed by atoms with E-state index in [1.165, 1.54) is 0 Å². The number of hydrogen-bond acceptors (Lipinski definition) is 3. The molecule has 3 rings (SSSR count). The van der Waals surface area contributed by atoms with Crippen molar-refractivity contribution in [3.05, 3.63) is 59.8 Å². The number of hydrogen-bond donors (Lipinski definition) is 1. The summed E-state index contributed by atoms with van der Waals surface area (Å²) in [7, 11) is 0. The van der Waals surface area contributed by atoms with Gasteiger partial charge in [0, 0.05) is 12.4 Å². The molecular weight excluding hydrogens is 248 g/mol. The molecule has 5 heteroatoms. The number of pyridine rings is 2. The maximum atomic E-state index is 5.73. The monoisotopic (exact) mass is 258 g/mol. The molecule has 0 saturated heterocycles. The van der Waals surface area contributed by atoms with Crippen LogP contribution < -0.4 is 5.32 Å². The second kappa shape index (κ2) is 4.66. The van der Waals surface area contributed by atoms with Crippen molar-refractivity contribution < 1.29 is 0 Å². The Hall–Kier alpha value is -2.07. The molecule has 0 aliphatic carbocycles. The van der Waals surface area contributed by atoms with Crippen LogP contribution in [0.3, 0.4) is 0 Å². The van der Waals surface area contributed by atoms with Crippen molar-refractivity contribution in [2.45, 2.75) is 6.54 Å². The highest BCUT2D eigenvalue weighted by molar-refractivity contribution is 6.29. The minimum atomic E-state index is 0.494. The van der Waals surface area contributed by atoms with Crippen molar-refractivity contribution >= 4 is 22.9 Å². The minimum absolute atomic E-state index is 0.494. The van der Waals surface area contributed by atoms with E-state index in [-0.39, 0.29) is 0 Å². The van der Waals surface area contributed by atoms with Crippen molar-refractivity contribution in [2.24, 2.45) is 0 Å². The minimum Gasteiger partial charge on any atom is -0.378 e. The molecule has 18 heavy (non-hydrogen) atoms. The molecule has 3 aromatic heterocycles. The maximum absolute atomic E-state index is 5.73. The van der Waals surface area contributed by atoms with Gasteiger partial charge in [-0.25, -0.2) is 9.97 Å². The Morgan fingerprint density at radius 1 is 1.22 bits per heavy atom. The van der Waals surface area contributed by atoms with Gasteiger partial charge in [-0.2, -0.15) is 0 Å². The van der Waals surface area contributed by atoms with Crippen LogP contribution in [0.1, 0.15) is 5.69 Å². The summed E-state index contributed by atoms with van der Waals surface area (Å²) in [5, 5.41) is 3.75. The summed E-state index contributed by atoms with van der Waals surface area (Å²) in [5.74, 6) is 0. The van der Waals surface area contributed by atoms with Crippen LogP contribution in [0, 0.1) is 0 Å². The van der Waals surface area contributed by atoms with Gasteiger partial charge in [0.2, 0.25) is 0 Å². The number of nitrogens with zero attached hydrogens (tertiary/aromatic N) is 3. The summed E-state index contributed by atoms with van der Waals surface area (Å²) in [4.78, 5) is 8.51. The van der Waals surface area contributed by atoms with Gasteiger partial charge in [-0.15, -0.1) is 0 Å². The number of imidazole rings is 1. The zero-order chi connectivity index (χ0) is 12.4. The van der Waals surface area contributed by atoms with Gasteiger partial charge in [-0.3, -0.25) is 0 Å². The highest BCUT2D eigenvalue weighted by Crippen LogP contribution is 2.11.